The summed E-state index contributed by atoms with van der Waals surface area (Å²) in [6, 6.07) is 3.78. The molecular weight excluding hydrogens is 346 g/mol. The van der Waals surface area contributed by atoms with Crippen LogP contribution in [0.15, 0.2) is 21.3 Å². The van der Waals surface area contributed by atoms with Crippen molar-refractivity contribution in [2.75, 3.05) is 51.5 Å². The molecule has 2 aliphatic heterocycles. The molecule has 146 valence electrons. The highest BCUT2D eigenvalue weighted by atomic mass is 16.5. The number of methoxy groups -OCH3 is 1. The first-order valence-electron chi connectivity index (χ1n) is 9.79. The lowest BCUT2D eigenvalue weighted by atomic mass is 9.89. The van der Waals surface area contributed by atoms with E-state index in [0.717, 1.165) is 48.9 Å². The van der Waals surface area contributed by atoms with Gasteiger partial charge in [-0.3, -0.25) is 0 Å². The third-order valence-electron chi connectivity index (χ3n) is 5.37. The van der Waals surface area contributed by atoms with Crippen LogP contribution in [-0.2, 0) is 33.7 Å². The Balaban J connectivity index is 1.58. The first-order valence-corrected chi connectivity index (χ1v) is 9.79. The molecule has 1 aromatic heterocycles. The number of anilines is 1. The van der Waals surface area contributed by atoms with Crippen molar-refractivity contribution in [2.24, 2.45) is 0 Å². The first kappa shape index (κ1) is 18.5. The quantitative estimate of drug-likeness (QED) is 0.524. The number of aryl methyl sites for hydroxylation is 2. The zero-order chi connectivity index (χ0) is 18.6. The van der Waals surface area contributed by atoms with E-state index in [0.29, 0.717) is 33.0 Å². The molecule has 0 N–H and O–H groups in total. The van der Waals surface area contributed by atoms with E-state index < -0.39 is 0 Å². The Morgan fingerprint density at radius 1 is 1.04 bits per heavy atom. The highest BCUT2D eigenvalue weighted by Gasteiger charge is 2.27. The van der Waals surface area contributed by atoms with Crippen molar-refractivity contribution < 1.29 is 18.6 Å². The highest BCUT2D eigenvalue weighted by Crippen LogP contribution is 2.40. The van der Waals surface area contributed by atoms with Crippen LogP contribution in [0, 0.1) is 0 Å². The molecule has 27 heavy (non-hydrogen) atoms. The molecular formula is C21H27NO5. The van der Waals surface area contributed by atoms with E-state index in [4.69, 9.17) is 18.6 Å². The number of fused-ring (bicyclic) bond motifs is 2. The van der Waals surface area contributed by atoms with E-state index >= 15 is 0 Å². The van der Waals surface area contributed by atoms with Crippen molar-refractivity contribution in [1.82, 2.24) is 0 Å². The van der Waals surface area contributed by atoms with E-state index in [1.807, 2.05) is 0 Å². The molecule has 0 atom stereocenters. The Hall–Kier alpha value is -1.89. The highest BCUT2D eigenvalue weighted by molar-refractivity contribution is 5.90. The van der Waals surface area contributed by atoms with Gasteiger partial charge in [0, 0.05) is 42.9 Å². The number of ether oxygens (including phenoxy) is 3. The molecule has 0 amide bonds. The number of rotatable bonds is 8. The van der Waals surface area contributed by atoms with Gasteiger partial charge in [-0.25, -0.2) is 4.79 Å². The summed E-state index contributed by atoms with van der Waals surface area (Å²) in [6.45, 7) is 4.72. The van der Waals surface area contributed by atoms with Crippen LogP contribution in [0.1, 0.15) is 29.5 Å². The van der Waals surface area contributed by atoms with Crippen LogP contribution in [0.4, 0.5) is 5.69 Å². The van der Waals surface area contributed by atoms with Crippen LogP contribution < -0.4 is 10.5 Å². The largest absolute Gasteiger partial charge is 0.422 e. The van der Waals surface area contributed by atoms with Crippen LogP contribution in [0.25, 0.3) is 11.0 Å². The van der Waals surface area contributed by atoms with Crippen molar-refractivity contribution in [3.63, 3.8) is 0 Å². The second-order valence-electron chi connectivity index (χ2n) is 7.18. The maximum absolute atomic E-state index is 12.2. The Morgan fingerprint density at radius 3 is 2.67 bits per heavy atom. The molecule has 4 rings (SSSR count). The molecule has 0 unspecified atom stereocenters. The maximum atomic E-state index is 12.2. The van der Waals surface area contributed by atoms with E-state index in [9.17, 15) is 4.79 Å². The normalized spacial score (nSPS) is 16.0. The summed E-state index contributed by atoms with van der Waals surface area (Å²) in [4.78, 5) is 14.6. The monoisotopic (exact) mass is 373 g/mol. The van der Waals surface area contributed by atoms with Gasteiger partial charge in [0.1, 0.15) is 5.58 Å². The van der Waals surface area contributed by atoms with E-state index in [1.165, 1.54) is 23.2 Å². The SMILES string of the molecule is COCCOCCOCc1cc(=O)oc2c3c4c(cc12)CCCN4CCC3. The van der Waals surface area contributed by atoms with E-state index in [2.05, 4.69) is 11.0 Å². The summed E-state index contributed by atoms with van der Waals surface area (Å²) in [6.07, 6.45) is 4.34. The van der Waals surface area contributed by atoms with Gasteiger partial charge < -0.3 is 23.5 Å². The minimum atomic E-state index is -0.304. The second kappa shape index (κ2) is 8.42. The molecule has 0 bridgehead atoms. The number of hydrogen-bond acceptors (Lipinski definition) is 6. The summed E-state index contributed by atoms with van der Waals surface area (Å²) in [5.41, 5.74) is 5.24. The average molecular weight is 373 g/mol. The topological polar surface area (TPSA) is 61.1 Å². The van der Waals surface area contributed by atoms with Crippen LogP contribution in [0.5, 0.6) is 0 Å². The molecule has 0 aliphatic carbocycles. The van der Waals surface area contributed by atoms with Crippen LogP contribution in [0.2, 0.25) is 0 Å². The van der Waals surface area contributed by atoms with E-state index in [-0.39, 0.29) is 5.63 Å². The van der Waals surface area contributed by atoms with Gasteiger partial charge in [-0.15, -0.1) is 0 Å². The molecule has 2 aliphatic rings. The van der Waals surface area contributed by atoms with Crippen molar-refractivity contribution in [3.05, 3.63) is 39.2 Å². The minimum absolute atomic E-state index is 0.304. The number of benzene rings is 1. The van der Waals surface area contributed by atoms with Crippen molar-refractivity contribution in [1.29, 1.82) is 0 Å². The fraction of sp³-hybridized carbons (Fsp3) is 0.571. The van der Waals surface area contributed by atoms with Gasteiger partial charge in [0.2, 0.25) is 0 Å². The molecule has 1 aromatic carbocycles. The number of nitrogens with zero attached hydrogens (tertiary/aromatic N) is 1. The van der Waals surface area contributed by atoms with Crippen LogP contribution >= 0.6 is 0 Å². The summed E-state index contributed by atoms with van der Waals surface area (Å²) < 4.78 is 21.8. The van der Waals surface area contributed by atoms with Crippen molar-refractivity contribution in [3.8, 4) is 0 Å². The predicted octanol–water partition coefficient (Wildman–Crippen LogP) is 2.67. The first-order chi connectivity index (χ1) is 13.3. The molecule has 0 fully saturated rings. The predicted molar refractivity (Wildman–Crippen MR) is 104 cm³/mol. The fourth-order valence-corrected chi connectivity index (χ4v) is 4.20. The zero-order valence-electron chi connectivity index (χ0n) is 15.9. The lowest BCUT2D eigenvalue weighted by molar-refractivity contribution is 0.0201. The third-order valence-corrected chi connectivity index (χ3v) is 5.37. The Morgan fingerprint density at radius 2 is 1.81 bits per heavy atom. The van der Waals surface area contributed by atoms with Crippen LogP contribution in [-0.4, -0.2) is 46.6 Å². The smallest absolute Gasteiger partial charge is 0.336 e. The van der Waals surface area contributed by atoms with Gasteiger partial charge in [0.15, 0.2) is 0 Å². The van der Waals surface area contributed by atoms with E-state index in [1.54, 1.807) is 13.2 Å². The van der Waals surface area contributed by atoms with Gasteiger partial charge in [-0.2, -0.15) is 0 Å². The van der Waals surface area contributed by atoms with Gasteiger partial charge in [0.05, 0.1) is 33.0 Å². The van der Waals surface area contributed by atoms with Crippen molar-refractivity contribution >= 4 is 16.7 Å². The molecule has 0 saturated carbocycles. The lowest BCUT2D eigenvalue weighted by Gasteiger charge is -2.37. The summed E-state index contributed by atoms with van der Waals surface area (Å²) >= 11 is 0. The van der Waals surface area contributed by atoms with Gasteiger partial charge in [-0.05, 0) is 42.9 Å². The standard InChI is InChI=1S/C21H27NO5/c1-24-8-9-25-10-11-26-14-16-13-19(23)27-21-17-5-3-7-22-6-2-4-15(20(17)22)12-18(16)21/h12-13H,2-11,14H2,1H3. The van der Waals surface area contributed by atoms with Gasteiger partial charge >= 0.3 is 5.63 Å². The maximum Gasteiger partial charge on any atom is 0.336 e. The molecule has 6 nitrogen and oxygen atoms in total. The Bertz CT molecular complexity index is 858. The second-order valence-corrected chi connectivity index (χ2v) is 7.18. The molecule has 0 saturated heterocycles. The molecule has 2 aromatic rings. The summed E-state index contributed by atoms with van der Waals surface area (Å²) in [5, 5.41) is 1.02. The molecule has 0 spiro atoms. The number of hydrogen-bond donors (Lipinski definition) is 0. The fourth-order valence-electron chi connectivity index (χ4n) is 4.20. The van der Waals surface area contributed by atoms with Crippen molar-refractivity contribution in [2.45, 2.75) is 32.3 Å². The van der Waals surface area contributed by atoms with Gasteiger partial charge in [-0.1, -0.05) is 0 Å². The van der Waals surface area contributed by atoms with Gasteiger partial charge in [0.25, 0.3) is 0 Å². The Labute approximate surface area is 159 Å². The lowest BCUT2D eigenvalue weighted by Crippen LogP contribution is -2.34. The minimum Gasteiger partial charge on any atom is -0.422 e. The Kier molecular flexibility index (Phi) is 5.76. The average Bonchev–Trinajstić information content (AvgIpc) is 2.68. The molecule has 6 heteroatoms. The zero-order valence-corrected chi connectivity index (χ0v) is 15.9. The summed E-state index contributed by atoms with van der Waals surface area (Å²) in [5.74, 6) is 0. The summed E-state index contributed by atoms with van der Waals surface area (Å²) in [7, 11) is 1.65. The molecule has 0 radical (unpaired) electrons. The van der Waals surface area contributed by atoms with Crippen LogP contribution in [0.3, 0.4) is 0 Å². The molecule has 3 heterocycles. The third kappa shape index (κ3) is 3.88.